The Morgan fingerprint density at radius 2 is 0.807 bits per heavy atom. The van der Waals surface area contributed by atoms with Gasteiger partial charge in [-0.2, -0.15) is 0 Å². The maximum atomic E-state index is 6.68. The third-order valence-corrected chi connectivity index (χ3v) is 11.1. The van der Waals surface area contributed by atoms with Crippen LogP contribution in [0.3, 0.4) is 0 Å². The van der Waals surface area contributed by atoms with Gasteiger partial charge in [-0.25, -0.2) is 0 Å². The Labute approximate surface area is 330 Å². The largest absolute Gasteiger partial charge is 0.456 e. The fourth-order valence-corrected chi connectivity index (χ4v) is 8.56. The average Bonchev–Trinajstić information content (AvgIpc) is 3.86. The molecular weight excluding hydrogens is 695 g/mol. The Hall–Kier alpha value is -7.62. The van der Waals surface area contributed by atoms with Crippen molar-refractivity contribution in [2.45, 2.75) is 0 Å². The average molecular weight is 730 g/mol. The Morgan fingerprint density at radius 1 is 0.298 bits per heavy atom. The molecule has 0 bridgehead atoms. The predicted octanol–water partition coefficient (Wildman–Crippen LogP) is 15.6. The summed E-state index contributed by atoms with van der Waals surface area (Å²) in [6.45, 7) is 0. The molecule has 0 N–H and O–H groups in total. The normalized spacial score (nSPS) is 11.5. The Morgan fingerprint density at radius 3 is 1.58 bits per heavy atom. The Bertz CT molecular complexity index is 3250. The first-order chi connectivity index (χ1) is 28.3. The summed E-state index contributed by atoms with van der Waals surface area (Å²) in [5.74, 6) is 0. The van der Waals surface area contributed by atoms with E-state index in [2.05, 4.69) is 193 Å². The molecular formula is C54H35NO2. The van der Waals surface area contributed by atoms with Crippen molar-refractivity contribution in [3.8, 4) is 44.5 Å². The highest BCUT2D eigenvalue weighted by molar-refractivity contribution is 6.12. The molecule has 0 radical (unpaired) electrons. The van der Waals surface area contributed by atoms with Crippen LogP contribution >= 0.6 is 0 Å². The predicted molar refractivity (Wildman–Crippen MR) is 237 cm³/mol. The number of hydrogen-bond donors (Lipinski definition) is 0. The summed E-state index contributed by atoms with van der Waals surface area (Å²) in [4.78, 5) is 2.43. The first-order valence-corrected chi connectivity index (χ1v) is 19.3. The number of fused-ring (bicyclic) bond motifs is 6. The molecule has 0 fully saturated rings. The van der Waals surface area contributed by atoms with Gasteiger partial charge in [-0.15, -0.1) is 0 Å². The van der Waals surface area contributed by atoms with Gasteiger partial charge in [0.1, 0.15) is 22.3 Å². The second-order valence-corrected chi connectivity index (χ2v) is 14.4. The standard InChI is InChI=1S/C54H35NO2/c1-3-17-36(18-4-1)39-21-7-8-25-44(39)53-40(37-19-5-2-6-20-37)26-16-30-49(53)55(38-33-34-52-47(35-38)43-24-11-13-31-50(43)56-52)48-29-12-9-22-41(48)45-27-15-28-46-42-23-10-14-32-51(42)57-54(45)46/h1-35H. The van der Waals surface area contributed by atoms with Gasteiger partial charge in [0, 0.05) is 43.9 Å². The van der Waals surface area contributed by atoms with E-state index in [1.165, 1.54) is 5.56 Å². The lowest BCUT2D eigenvalue weighted by Gasteiger charge is -2.31. The van der Waals surface area contributed by atoms with Crippen LogP contribution in [0.2, 0.25) is 0 Å². The summed E-state index contributed by atoms with van der Waals surface area (Å²) in [5, 5.41) is 4.35. The van der Waals surface area contributed by atoms with E-state index >= 15 is 0 Å². The first-order valence-electron chi connectivity index (χ1n) is 19.3. The topological polar surface area (TPSA) is 29.5 Å². The molecule has 0 saturated carbocycles. The molecule has 57 heavy (non-hydrogen) atoms. The Kier molecular flexibility index (Phi) is 7.82. The van der Waals surface area contributed by atoms with Crippen LogP contribution in [0.25, 0.3) is 88.4 Å². The Balaban J connectivity index is 1.25. The lowest BCUT2D eigenvalue weighted by molar-refractivity contribution is 0.669. The number of benzene rings is 9. The van der Waals surface area contributed by atoms with Gasteiger partial charge in [-0.1, -0.05) is 170 Å². The highest BCUT2D eigenvalue weighted by Crippen LogP contribution is 2.51. The van der Waals surface area contributed by atoms with Gasteiger partial charge in [0.05, 0.1) is 11.4 Å². The summed E-state index contributed by atoms with van der Waals surface area (Å²) in [5.41, 5.74) is 15.6. The van der Waals surface area contributed by atoms with Gasteiger partial charge in [-0.05, 0) is 70.3 Å². The van der Waals surface area contributed by atoms with Crippen molar-refractivity contribution in [3.05, 3.63) is 212 Å². The van der Waals surface area contributed by atoms with Crippen molar-refractivity contribution >= 4 is 60.9 Å². The molecule has 9 aromatic carbocycles. The molecule has 0 aliphatic rings. The summed E-state index contributed by atoms with van der Waals surface area (Å²) < 4.78 is 13.1. The second-order valence-electron chi connectivity index (χ2n) is 14.4. The number of hydrogen-bond acceptors (Lipinski definition) is 3. The number of para-hydroxylation sites is 4. The summed E-state index contributed by atoms with van der Waals surface area (Å²) in [6.07, 6.45) is 0. The number of nitrogens with zero attached hydrogens (tertiary/aromatic N) is 1. The maximum absolute atomic E-state index is 6.68. The molecule has 3 heteroatoms. The van der Waals surface area contributed by atoms with E-state index in [0.29, 0.717) is 0 Å². The van der Waals surface area contributed by atoms with Gasteiger partial charge in [0.25, 0.3) is 0 Å². The summed E-state index contributed by atoms with van der Waals surface area (Å²) in [7, 11) is 0. The van der Waals surface area contributed by atoms with Crippen molar-refractivity contribution < 1.29 is 8.83 Å². The quantitative estimate of drug-likeness (QED) is 0.164. The molecule has 0 aliphatic heterocycles. The minimum absolute atomic E-state index is 0.855. The van der Waals surface area contributed by atoms with Gasteiger partial charge in [0.15, 0.2) is 0 Å². The molecule has 0 spiro atoms. The highest BCUT2D eigenvalue weighted by Gasteiger charge is 2.26. The van der Waals surface area contributed by atoms with E-state index in [1.54, 1.807) is 0 Å². The van der Waals surface area contributed by atoms with Crippen molar-refractivity contribution in [1.29, 1.82) is 0 Å². The van der Waals surface area contributed by atoms with Gasteiger partial charge >= 0.3 is 0 Å². The second kappa shape index (κ2) is 13.6. The smallest absolute Gasteiger partial charge is 0.143 e. The zero-order valence-electron chi connectivity index (χ0n) is 31.0. The van der Waals surface area contributed by atoms with E-state index in [-0.39, 0.29) is 0 Å². The van der Waals surface area contributed by atoms with E-state index < -0.39 is 0 Å². The molecule has 0 saturated heterocycles. The number of anilines is 3. The lowest BCUT2D eigenvalue weighted by atomic mass is 9.87. The van der Waals surface area contributed by atoms with Crippen LogP contribution in [-0.2, 0) is 0 Å². The summed E-state index contributed by atoms with van der Waals surface area (Å²) >= 11 is 0. The maximum Gasteiger partial charge on any atom is 0.143 e. The molecule has 0 amide bonds. The van der Waals surface area contributed by atoms with Crippen molar-refractivity contribution in [3.63, 3.8) is 0 Å². The van der Waals surface area contributed by atoms with Crippen LogP contribution in [-0.4, -0.2) is 0 Å². The molecule has 11 aromatic rings. The van der Waals surface area contributed by atoms with E-state index in [9.17, 15) is 0 Å². The van der Waals surface area contributed by atoms with Crippen molar-refractivity contribution in [1.82, 2.24) is 0 Å². The number of rotatable bonds is 7. The van der Waals surface area contributed by atoms with Crippen LogP contribution < -0.4 is 4.90 Å². The fourth-order valence-electron chi connectivity index (χ4n) is 8.56. The van der Waals surface area contributed by atoms with E-state index in [4.69, 9.17) is 8.83 Å². The lowest BCUT2D eigenvalue weighted by Crippen LogP contribution is -2.13. The van der Waals surface area contributed by atoms with Crippen LogP contribution in [0.15, 0.2) is 221 Å². The fraction of sp³-hybridized carbons (Fsp3) is 0. The molecule has 3 nitrogen and oxygen atoms in total. The third-order valence-electron chi connectivity index (χ3n) is 11.1. The van der Waals surface area contributed by atoms with E-state index in [1.807, 2.05) is 24.3 Å². The first kappa shape index (κ1) is 32.8. The molecule has 268 valence electrons. The minimum Gasteiger partial charge on any atom is -0.456 e. The molecule has 0 aliphatic carbocycles. The third kappa shape index (κ3) is 5.51. The number of furan rings is 2. The molecule has 0 atom stereocenters. The van der Waals surface area contributed by atoms with Gasteiger partial charge < -0.3 is 13.7 Å². The SMILES string of the molecule is c1ccc(-c2ccccc2-c2c(-c3ccccc3)cccc2N(c2ccc3oc4ccccc4c3c2)c2ccccc2-c2cccc3c2oc2ccccc23)cc1. The minimum atomic E-state index is 0.855. The summed E-state index contributed by atoms with van der Waals surface area (Å²) in [6, 6.07) is 75.3. The highest BCUT2D eigenvalue weighted by atomic mass is 16.3. The van der Waals surface area contributed by atoms with Crippen LogP contribution in [0.4, 0.5) is 17.1 Å². The van der Waals surface area contributed by atoms with Crippen molar-refractivity contribution in [2.24, 2.45) is 0 Å². The zero-order chi connectivity index (χ0) is 37.7. The van der Waals surface area contributed by atoms with Crippen LogP contribution in [0.5, 0.6) is 0 Å². The van der Waals surface area contributed by atoms with Gasteiger partial charge in [-0.3, -0.25) is 0 Å². The molecule has 11 rings (SSSR count). The monoisotopic (exact) mass is 729 g/mol. The van der Waals surface area contributed by atoms with Gasteiger partial charge in [0.2, 0.25) is 0 Å². The van der Waals surface area contributed by atoms with Crippen LogP contribution in [0, 0.1) is 0 Å². The molecule has 0 unspecified atom stereocenters. The van der Waals surface area contributed by atoms with Crippen molar-refractivity contribution in [2.75, 3.05) is 4.90 Å². The van der Waals surface area contributed by atoms with E-state index in [0.717, 1.165) is 99.9 Å². The molecule has 2 heterocycles. The zero-order valence-corrected chi connectivity index (χ0v) is 31.0. The van der Waals surface area contributed by atoms with Crippen LogP contribution in [0.1, 0.15) is 0 Å². The molecule has 2 aromatic heterocycles.